The average Bonchev–Trinajstić information content (AvgIpc) is 2.49. The van der Waals surface area contributed by atoms with Crippen molar-refractivity contribution in [2.45, 2.75) is 19.5 Å². The Morgan fingerprint density at radius 1 is 1.29 bits per heavy atom. The van der Waals surface area contributed by atoms with Crippen LogP contribution in [-0.2, 0) is 19.5 Å². The number of ether oxygens (including phenoxy) is 1. The molecule has 4 heteroatoms. The van der Waals surface area contributed by atoms with Gasteiger partial charge in [0.2, 0.25) is 0 Å². The van der Waals surface area contributed by atoms with Gasteiger partial charge in [-0.25, -0.2) is 0 Å². The van der Waals surface area contributed by atoms with Gasteiger partial charge in [-0.2, -0.15) is 0 Å². The van der Waals surface area contributed by atoms with Crippen LogP contribution in [0.1, 0.15) is 16.7 Å². The van der Waals surface area contributed by atoms with Crippen LogP contribution in [0.2, 0.25) is 0 Å². The molecule has 1 aliphatic rings. The minimum absolute atomic E-state index is 0.285. The molecule has 3 N–H and O–H groups in total. The summed E-state index contributed by atoms with van der Waals surface area (Å²) >= 11 is 0. The topological polar surface area (TPSA) is 58.7 Å². The first-order valence-electron chi connectivity index (χ1n) is 7.12. The van der Waals surface area contributed by atoms with Crippen LogP contribution in [0.5, 0.6) is 11.5 Å². The number of anilines is 1. The molecule has 0 aromatic heterocycles. The highest BCUT2D eigenvalue weighted by Crippen LogP contribution is 2.28. The first-order valence-corrected chi connectivity index (χ1v) is 7.12. The van der Waals surface area contributed by atoms with Crippen LogP contribution >= 0.6 is 0 Å². The van der Waals surface area contributed by atoms with Gasteiger partial charge in [-0.1, -0.05) is 18.2 Å². The average molecular weight is 284 g/mol. The molecule has 0 unspecified atom stereocenters. The Kier molecular flexibility index (Phi) is 3.71. The molecule has 2 aromatic rings. The lowest BCUT2D eigenvalue weighted by atomic mass is 9.97. The summed E-state index contributed by atoms with van der Waals surface area (Å²) in [6, 6.07) is 11.6. The Bertz CT molecular complexity index is 655. The van der Waals surface area contributed by atoms with E-state index in [2.05, 4.69) is 11.0 Å². The van der Waals surface area contributed by atoms with Crippen LogP contribution < -0.4 is 10.5 Å². The summed E-state index contributed by atoms with van der Waals surface area (Å²) in [6.07, 6.45) is 0.957. The molecule has 21 heavy (non-hydrogen) atoms. The summed E-state index contributed by atoms with van der Waals surface area (Å²) in [6.45, 7) is 2.54. The summed E-state index contributed by atoms with van der Waals surface area (Å²) < 4.78 is 5.11. The van der Waals surface area contributed by atoms with Crippen molar-refractivity contribution in [1.82, 2.24) is 4.90 Å². The van der Waals surface area contributed by atoms with E-state index < -0.39 is 0 Å². The first-order chi connectivity index (χ1) is 10.2. The SMILES string of the molecule is COc1ccc(CN2CCc3c(N)cccc3C2)c(O)c1. The molecular weight excluding hydrogens is 264 g/mol. The maximum absolute atomic E-state index is 10.1. The Labute approximate surface area is 124 Å². The van der Waals surface area contributed by atoms with Crippen molar-refractivity contribution in [2.75, 3.05) is 19.4 Å². The maximum Gasteiger partial charge on any atom is 0.123 e. The highest BCUT2D eigenvalue weighted by molar-refractivity contribution is 5.52. The number of nitrogen functional groups attached to an aromatic ring is 1. The molecule has 1 aliphatic heterocycles. The Morgan fingerprint density at radius 2 is 2.14 bits per heavy atom. The zero-order valence-corrected chi connectivity index (χ0v) is 12.2. The summed E-state index contributed by atoms with van der Waals surface area (Å²) in [5.41, 5.74) is 10.4. The monoisotopic (exact) mass is 284 g/mol. The molecule has 0 atom stereocenters. The molecule has 110 valence electrons. The predicted octanol–water partition coefficient (Wildman–Crippen LogP) is 2.54. The van der Waals surface area contributed by atoms with Crippen LogP contribution in [0, 0.1) is 0 Å². The van der Waals surface area contributed by atoms with Gasteiger partial charge in [-0.3, -0.25) is 4.90 Å². The number of hydrogen-bond acceptors (Lipinski definition) is 4. The zero-order valence-electron chi connectivity index (χ0n) is 12.2. The number of phenolic OH excluding ortho intramolecular Hbond substituents is 1. The van der Waals surface area contributed by atoms with Crippen LogP contribution in [0.25, 0.3) is 0 Å². The summed E-state index contributed by atoms with van der Waals surface area (Å²) in [7, 11) is 1.60. The predicted molar refractivity (Wildman–Crippen MR) is 83.3 cm³/mol. The number of fused-ring (bicyclic) bond motifs is 1. The molecule has 0 bridgehead atoms. The van der Waals surface area contributed by atoms with E-state index in [1.54, 1.807) is 13.2 Å². The third-order valence-corrected chi connectivity index (χ3v) is 4.07. The molecule has 0 saturated heterocycles. The fraction of sp³-hybridized carbons (Fsp3) is 0.294. The number of nitrogens with two attached hydrogens (primary N) is 1. The summed E-state index contributed by atoms with van der Waals surface area (Å²) in [4.78, 5) is 2.32. The number of benzene rings is 2. The molecule has 4 nitrogen and oxygen atoms in total. The second-order valence-corrected chi connectivity index (χ2v) is 5.44. The number of phenols is 1. The van der Waals surface area contributed by atoms with Gasteiger partial charge < -0.3 is 15.6 Å². The van der Waals surface area contributed by atoms with Crippen molar-refractivity contribution in [3.63, 3.8) is 0 Å². The Hall–Kier alpha value is -2.20. The van der Waals surface area contributed by atoms with E-state index >= 15 is 0 Å². The lowest BCUT2D eigenvalue weighted by molar-refractivity contribution is 0.242. The van der Waals surface area contributed by atoms with E-state index in [-0.39, 0.29) is 5.75 Å². The third kappa shape index (κ3) is 2.81. The van der Waals surface area contributed by atoms with E-state index in [9.17, 15) is 5.11 Å². The highest BCUT2D eigenvalue weighted by atomic mass is 16.5. The van der Waals surface area contributed by atoms with Crippen LogP contribution in [0.3, 0.4) is 0 Å². The second-order valence-electron chi connectivity index (χ2n) is 5.44. The van der Waals surface area contributed by atoms with Gasteiger partial charge in [0.1, 0.15) is 11.5 Å². The number of methoxy groups -OCH3 is 1. The van der Waals surface area contributed by atoms with Gasteiger partial charge in [0.05, 0.1) is 7.11 Å². The molecule has 0 fully saturated rings. The Morgan fingerprint density at radius 3 is 2.90 bits per heavy atom. The standard InChI is InChI=1S/C17H20N2O2/c1-21-14-6-5-13(17(20)9-14)11-19-8-7-15-12(10-19)3-2-4-16(15)18/h2-6,9,20H,7-8,10-11,18H2,1H3. The Balaban J connectivity index is 1.75. The van der Waals surface area contributed by atoms with Gasteiger partial charge in [0.15, 0.2) is 0 Å². The normalized spacial score (nSPS) is 14.7. The lowest BCUT2D eigenvalue weighted by Gasteiger charge is -2.29. The first kappa shape index (κ1) is 13.8. The van der Waals surface area contributed by atoms with Gasteiger partial charge >= 0.3 is 0 Å². The number of nitrogens with zero attached hydrogens (tertiary/aromatic N) is 1. The van der Waals surface area contributed by atoms with E-state index in [1.165, 1.54) is 11.1 Å². The maximum atomic E-state index is 10.1. The third-order valence-electron chi connectivity index (χ3n) is 4.07. The quantitative estimate of drug-likeness (QED) is 0.850. The van der Waals surface area contributed by atoms with Gasteiger partial charge in [-0.15, -0.1) is 0 Å². The zero-order chi connectivity index (χ0) is 14.8. The fourth-order valence-electron chi connectivity index (χ4n) is 2.88. The molecular formula is C17H20N2O2. The van der Waals surface area contributed by atoms with Crippen LogP contribution in [0.4, 0.5) is 5.69 Å². The van der Waals surface area contributed by atoms with Crippen molar-refractivity contribution in [2.24, 2.45) is 0 Å². The van der Waals surface area contributed by atoms with Crippen molar-refractivity contribution in [3.8, 4) is 11.5 Å². The molecule has 0 aliphatic carbocycles. The van der Waals surface area contributed by atoms with E-state index in [0.717, 1.165) is 37.3 Å². The molecule has 3 rings (SSSR count). The lowest BCUT2D eigenvalue weighted by Crippen LogP contribution is -2.30. The minimum atomic E-state index is 0.285. The van der Waals surface area contributed by atoms with Crippen molar-refractivity contribution >= 4 is 5.69 Å². The van der Waals surface area contributed by atoms with Crippen LogP contribution in [-0.4, -0.2) is 23.7 Å². The number of aromatic hydroxyl groups is 1. The van der Waals surface area contributed by atoms with Crippen molar-refractivity contribution in [3.05, 3.63) is 53.1 Å². The minimum Gasteiger partial charge on any atom is -0.507 e. The van der Waals surface area contributed by atoms with E-state index in [1.807, 2.05) is 24.3 Å². The van der Waals surface area contributed by atoms with E-state index in [4.69, 9.17) is 10.5 Å². The number of rotatable bonds is 3. The molecule has 1 heterocycles. The largest absolute Gasteiger partial charge is 0.507 e. The molecule has 2 aromatic carbocycles. The van der Waals surface area contributed by atoms with Gasteiger partial charge in [-0.05, 0) is 29.7 Å². The number of hydrogen-bond donors (Lipinski definition) is 2. The van der Waals surface area contributed by atoms with Crippen LogP contribution in [0.15, 0.2) is 36.4 Å². The summed E-state index contributed by atoms with van der Waals surface area (Å²) in [5, 5.41) is 10.1. The van der Waals surface area contributed by atoms with Crippen molar-refractivity contribution in [1.29, 1.82) is 0 Å². The van der Waals surface area contributed by atoms with Crippen molar-refractivity contribution < 1.29 is 9.84 Å². The fourth-order valence-corrected chi connectivity index (χ4v) is 2.88. The molecule has 0 amide bonds. The molecule has 0 radical (unpaired) electrons. The summed E-state index contributed by atoms with van der Waals surface area (Å²) in [5.74, 6) is 0.959. The molecule has 0 spiro atoms. The van der Waals surface area contributed by atoms with E-state index in [0.29, 0.717) is 5.75 Å². The second kappa shape index (κ2) is 5.66. The smallest absolute Gasteiger partial charge is 0.123 e. The van der Waals surface area contributed by atoms with Gasteiger partial charge in [0, 0.05) is 37.0 Å². The molecule has 0 saturated carbocycles. The highest BCUT2D eigenvalue weighted by Gasteiger charge is 2.18. The van der Waals surface area contributed by atoms with Gasteiger partial charge in [0.25, 0.3) is 0 Å².